The van der Waals surface area contributed by atoms with Gasteiger partial charge in [0.1, 0.15) is 0 Å². The van der Waals surface area contributed by atoms with E-state index >= 15 is 0 Å². The SMILES string of the molecule is CSc1ccc2cc(CN(C)C(C)c3ccccn3)c(=O)[nH]c2c1. The van der Waals surface area contributed by atoms with Gasteiger partial charge in [0.2, 0.25) is 0 Å². The molecule has 0 saturated heterocycles. The summed E-state index contributed by atoms with van der Waals surface area (Å²) in [7, 11) is 2.01. The van der Waals surface area contributed by atoms with E-state index in [-0.39, 0.29) is 11.6 Å². The second-order valence-electron chi connectivity index (χ2n) is 5.92. The Morgan fingerprint density at radius 1 is 1.25 bits per heavy atom. The minimum Gasteiger partial charge on any atom is -0.322 e. The van der Waals surface area contributed by atoms with Crippen molar-refractivity contribution >= 4 is 22.7 Å². The van der Waals surface area contributed by atoms with Gasteiger partial charge in [0, 0.05) is 34.8 Å². The normalized spacial score (nSPS) is 12.7. The van der Waals surface area contributed by atoms with Crippen LogP contribution in [-0.4, -0.2) is 28.2 Å². The summed E-state index contributed by atoms with van der Waals surface area (Å²) in [5, 5.41) is 1.06. The first kappa shape index (κ1) is 16.7. The molecular weight excluding hydrogens is 318 g/mol. The van der Waals surface area contributed by atoms with Crippen LogP contribution in [-0.2, 0) is 6.54 Å². The highest BCUT2D eigenvalue weighted by Crippen LogP contribution is 2.22. The molecule has 3 rings (SSSR count). The number of thioether (sulfide) groups is 1. The van der Waals surface area contributed by atoms with Crippen LogP contribution in [0.15, 0.2) is 58.4 Å². The fraction of sp³-hybridized carbons (Fsp3) is 0.263. The number of benzene rings is 1. The molecular formula is C19H21N3OS. The molecule has 0 fully saturated rings. The summed E-state index contributed by atoms with van der Waals surface area (Å²) in [6, 6.07) is 14.2. The third-order valence-electron chi connectivity index (χ3n) is 4.33. The highest BCUT2D eigenvalue weighted by atomic mass is 32.2. The quantitative estimate of drug-likeness (QED) is 0.718. The zero-order valence-electron chi connectivity index (χ0n) is 14.1. The molecule has 1 unspecified atom stereocenters. The number of hydrogen-bond acceptors (Lipinski definition) is 4. The maximum Gasteiger partial charge on any atom is 0.252 e. The monoisotopic (exact) mass is 339 g/mol. The van der Waals surface area contributed by atoms with Crippen molar-refractivity contribution in [2.75, 3.05) is 13.3 Å². The van der Waals surface area contributed by atoms with E-state index in [1.165, 1.54) is 0 Å². The van der Waals surface area contributed by atoms with E-state index in [4.69, 9.17) is 0 Å². The van der Waals surface area contributed by atoms with Gasteiger partial charge >= 0.3 is 0 Å². The summed E-state index contributed by atoms with van der Waals surface area (Å²) in [6.45, 7) is 2.68. The maximum absolute atomic E-state index is 12.4. The van der Waals surface area contributed by atoms with Gasteiger partial charge in [0.15, 0.2) is 0 Å². The number of rotatable bonds is 5. The number of aromatic nitrogens is 2. The van der Waals surface area contributed by atoms with E-state index in [0.29, 0.717) is 6.54 Å². The standard InChI is InChI=1S/C19H21N3OS/c1-13(17-6-4-5-9-20-17)22(2)12-15-10-14-7-8-16(24-3)11-18(14)21-19(15)23/h4-11,13H,12H2,1-3H3,(H,21,23). The number of H-pyrrole nitrogens is 1. The van der Waals surface area contributed by atoms with Crippen molar-refractivity contribution in [1.29, 1.82) is 0 Å². The van der Waals surface area contributed by atoms with Gasteiger partial charge in [-0.05, 0) is 55.9 Å². The van der Waals surface area contributed by atoms with Crippen molar-refractivity contribution in [3.8, 4) is 0 Å². The molecule has 1 atom stereocenters. The summed E-state index contributed by atoms with van der Waals surface area (Å²) >= 11 is 1.67. The van der Waals surface area contributed by atoms with Crippen LogP contribution in [0, 0.1) is 0 Å². The van der Waals surface area contributed by atoms with Crippen molar-refractivity contribution in [3.63, 3.8) is 0 Å². The summed E-state index contributed by atoms with van der Waals surface area (Å²) in [5.74, 6) is 0. The van der Waals surface area contributed by atoms with Gasteiger partial charge in [0.05, 0.1) is 5.69 Å². The van der Waals surface area contributed by atoms with Gasteiger partial charge in [-0.1, -0.05) is 12.1 Å². The lowest BCUT2D eigenvalue weighted by atomic mass is 10.1. The number of fused-ring (bicyclic) bond motifs is 1. The topological polar surface area (TPSA) is 49.0 Å². The second-order valence-corrected chi connectivity index (χ2v) is 6.80. The molecule has 0 aliphatic heterocycles. The molecule has 3 aromatic rings. The molecule has 0 amide bonds. The average Bonchev–Trinajstić information content (AvgIpc) is 2.62. The van der Waals surface area contributed by atoms with Crippen molar-refractivity contribution in [2.24, 2.45) is 0 Å². The molecule has 24 heavy (non-hydrogen) atoms. The Bertz CT molecular complexity index is 892. The predicted octanol–water partition coefficient (Wildman–Crippen LogP) is 3.84. The third-order valence-corrected chi connectivity index (χ3v) is 5.05. The van der Waals surface area contributed by atoms with Crippen LogP contribution < -0.4 is 5.56 Å². The second kappa shape index (κ2) is 7.20. The van der Waals surface area contributed by atoms with Crippen molar-refractivity contribution in [2.45, 2.75) is 24.4 Å². The van der Waals surface area contributed by atoms with Crippen molar-refractivity contribution < 1.29 is 0 Å². The van der Waals surface area contributed by atoms with E-state index in [0.717, 1.165) is 27.1 Å². The molecule has 0 aliphatic rings. The molecule has 0 bridgehead atoms. The third kappa shape index (κ3) is 3.52. The Morgan fingerprint density at radius 2 is 2.08 bits per heavy atom. The molecule has 0 spiro atoms. The number of hydrogen-bond donors (Lipinski definition) is 1. The summed E-state index contributed by atoms with van der Waals surface area (Å²) in [4.78, 5) is 23.1. The lowest BCUT2D eigenvalue weighted by molar-refractivity contribution is 0.248. The molecule has 1 N–H and O–H groups in total. The molecule has 4 nitrogen and oxygen atoms in total. The first-order chi connectivity index (χ1) is 11.6. The average molecular weight is 339 g/mol. The molecule has 0 saturated carbocycles. The van der Waals surface area contributed by atoms with Crippen LogP contribution >= 0.6 is 11.8 Å². The molecule has 2 heterocycles. The van der Waals surface area contributed by atoms with Crippen LogP contribution in [0.5, 0.6) is 0 Å². The fourth-order valence-corrected chi connectivity index (χ4v) is 3.16. The Balaban J connectivity index is 1.87. The number of pyridine rings is 2. The van der Waals surface area contributed by atoms with Gasteiger partial charge < -0.3 is 4.98 Å². The van der Waals surface area contributed by atoms with Crippen LogP contribution in [0.4, 0.5) is 0 Å². The molecule has 2 aromatic heterocycles. The van der Waals surface area contributed by atoms with Crippen LogP contribution in [0.2, 0.25) is 0 Å². The fourth-order valence-electron chi connectivity index (χ4n) is 2.72. The highest BCUT2D eigenvalue weighted by molar-refractivity contribution is 7.98. The van der Waals surface area contributed by atoms with Gasteiger partial charge in [-0.15, -0.1) is 11.8 Å². The molecule has 1 aromatic carbocycles. The van der Waals surface area contributed by atoms with Crippen molar-refractivity contribution in [1.82, 2.24) is 14.9 Å². The molecule has 5 heteroatoms. The Hall–Kier alpha value is -2.11. The van der Waals surface area contributed by atoms with Gasteiger partial charge in [0.25, 0.3) is 5.56 Å². The Kier molecular flexibility index (Phi) is 5.02. The number of aromatic amines is 1. The predicted molar refractivity (Wildman–Crippen MR) is 100 cm³/mol. The first-order valence-electron chi connectivity index (χ1n) is 7.89. The molecule has 0 aliphatic carbocycles. The van der Waals surface area contributed by atoms with E-state index in [2.05, 4.69) is 33.9 Å². The largest absolute Gasteiger partial charge is 0.322 e. The highest BCUT2D eigenvalue weighted by Gasteiger charge is 2.15. The van der Waals surface area contributed by atoms with Crippen LogP contribution in [0.3, 0.4) is 0 Å². The molecule has 0 radical (unpaired) electrons. The Labute approximate surface area is 145 Å². The molecule has 124 valence electrons. The van der Waals surface area contributed by atoms with Gasteiger partial charge in [-0.25, -0.2) is 0 Å². The van der Waals surface area contributed by atoms with E-state index in [9.17, 15) is 4.79 Å². The minimum absolute atomic E-state index is 0.0270. The lowest BCUT2D eigenvalue weighted by Gasteiger charge is -2.24. The van der Waals surface area contributed by atoms with E-state index in [1.807, 2.05) is 43.6 Å². The van der Waals surface area contributed by atoms with E-state index in [1.54, 1.807) is 18.0 Å². The first-order valence-corrected chi connectivity index (χ1v) is 9.12. The van der Waals surface area contributed by atoms with Gasteiger partial charge in [-0.3, -0.25) is 14.7 Å². The van der Waals surface area contributed by atoms with Crippen molar-refractivity contribution in [3.05, 3.63) is 70.3 Å². The smallest absolute Gasteiger partial charge is 0.252 e. The summed E-state index contributed by atoms with van der Waals surface area (Å²) < 4.78 is 0. The number of nitrogens with zero attached hydrogens (tertiary/aromatic N) is 2. The lowest BCUT2D eigenvalue weighted by Crippen LogP contribution is -2.26. The van der Waals surface area contributed by atoms with Crippen LogP contribution in [0.25, 0.3) is 10.9 Å². The van der Waals surface area contributed by atoms with Gasteiger partial charge in [-0.2, -0.15) is 0 Å². The zero-order valence-corrected chi connectivity index (χ0v) is 14.9. The summed E-state index contributed by atoms with van der Waals surface area (Å²) in [6.07, 6.45) is 3.83. The van der Waals surface area contributed by atoms with Crippen LogP contribution in [0.1, 0.15) is 24.2 Å². The Morgan fingerprint density at radius 3 is 2.79 bits per heavy atom. The van der Waals surface area contributed by atoms with E-state index < -0.39 is 0 Å². The number of nitrogens with one attached hydrogen (secondary N) is 1. The zero-order chi connectivity index (χ0) is 17.1. The minimum atomic E-state index is -0.0270. The summed E-state index contributed by atoms with van der Waals surface area (Å²) in [5.41, 5.74) is 2.63. The maximum atomic E-state index is 12.4.